The highest BCUT2D eigenvalue weighted by Crippen LogP contribution is 2.30. The highest BCUT2D eigenvalue weighted by molar-refractivity contribution is 5.96. The Bertz CT molecular complexity index is 1190. The van der Waals surface area contributed by atoms with Gasteiger partial charge in [-0.2, -0.15) is 0 Å². The van der Waals surface area contributed by atoms with Crippen LogP contribution in [0.4, 0.5) is 4.79 Å². The van der Waals surface area contributed by atoms with Crippen molar-refractivity contribution in [2.24, 2.45) is 0 Å². The smallest absolute Gasteiger partial charge is 0.417 e. The van der Waals surface area contributed by atoms with Crippen LogP contribution in [0.25, 0.3) is 0 Å². The van der Waals surface area contributed by atoms with Crippen molar-refractivity contribution in [2.75, 3.05) is 6.61 Å². The fraction of sp³-hybridized carbons (Fsp3) is 0.310. The number of carbonyl (C=O) groups is 2. The fourth-order valence-electron chi connectivity index (χ4n) is 4.18. The van der Waals surface area contributed by atoms with Gasteiger partial charge in [0.15, 0.2) is 0 Å². The second kappa shape index (κ2) is 10.4. The summed E-state index contributed by atoms with van der Waals surface area (Å²) in [5.74, 6) is -0.288. The van der Waals surface area contributed by atoms with E-state index >= 15 is 0 Å². The summed E-state index contributed by atoms with van der Waals surface area (Å²) in [6.07, 6.45) is -3.17. The Morgan fingerprint density at radius 2 is 1.67 bits per heavy atom. The summed E-state index contributed by atoms with van der Waals surface area (Å²) in [4.78, 5) is 27.5. The van der Waals surface area contributed by atoms with E-state index in [4.69, 9.17) is 9.47 Å². The first-order valence-electron chi connectivity index (χ1n) is 11.9. The van der Waals surface area contributed by atoms with E-state index < -0.39 is 30.3 Å². The highest BCUT2D eigenvalue weighted by atomic mass is 16.6. The summed E-state index contributed by atoms with van der Waals surface area (Å²) in [6, 6.07) is 22.1. The number of cyclic esters (lactones) is 1. The van der Waals surface area contributed by atoms with Crippen LogP contribution in [0.3, 0.4) is 0 Å². The van der Waals surface area contributed by atoms with Gasteiger partial charge in [0.25, 0.3) is 5.91 Å². The molecule has 0 saturated carbocycles. The largest absolute Gasteiger partial charge is 0.508 e. The maximum atomic E-state index is 13.8. The monoisotopic (exact) mass is 489 g/mol. The molecule has 2 N–H and O–H groups in total. The van der Waals surface area contributed by atoms with E-state index in [-0.39, 0.29) is 17.8 Å². The van der Waals surface area contributed by atoms with Crippen molar-refractivity contribution in [1.29, 1.82) is 0 Å². The maximum Gasteiger partial charge on any atom is 0.417 e. The number of phenolic OH excluding ortho intramolecular Hbond substituents is 1. The molecule has 4 rings (SSSR count). The molecule has 0 radical (unpaired) electrons. The molecule has 0 bridgehead atoms. The molecule has 3 aromatic rings. The number of hydrogen-bond acceptors (Lipinski definition) is 6. The molecule has 1 saturated heterocycles. The summed E-state index contributed by atoms with van der Waals surface area (Å²) < 4.78 is 11.3. The SMILES string of the molecule is CC(C)(C)c1ccc(O[C@H](C(=O)N2C(=O)OC[C@@H]2Cc2ccccc2)[C@H](O)c2ccc(O)cc2)cc1. The van der Waals surface area contributed by atoms with Crippen molar-refractivity contribution in [1.82, 2.24) is 4.90 Å². The quantitative estimate of drug-likeness (QED) is 0.497. The number of benzene rings is 3. The highest BCUT2D eigenvalue weighted by Gasteiger charge is 2.44. The Morgan fingerprint density at radius 1 is 1.03 bits per heavy atom. The average Bonchev–Trinajstić information content (AvgIpc) is 3.22. The van der Waals surface area contributed by atoms with Crippen molar-refractivity contribution < 1.29 is 29.3 Å². The molecule has 36 heavy (non-hydrogen) atoms. The van der Waals surface area contributed by atoms with Gasteiger partial charge >= 0.3 is 6.09 Å². The third kappa shape index (κ3) is 5.69. The van der Waals surface area contributed by atoms with Crippen molar-refractivity contribution in [3.05, 3.63) is 95.6 Å². The topological polar surface area (TPSA) is 96.3 Å². The number of aliphatic hydroxyl groups is 1. The third-order valence-corrected chi connectivity index (χ3v) is 6.26. The molecule has 1 heterocycles. The first kappa shape index (κ1) is 25.3. The van der Waals surface area contributed by atoms with Crippen LogP contribution in [0.15, 0.2) is 78.9 Å². The Kier molecular flexibility index (Phi) is 7.31. The number of carbonyl (C=O) groups excluding carboxylic acids is 2. The van der Waals surface area contributed by atoms with E-state index in [1.807, 2.05) is 42.5 Å². The van der Waals surface area contributed by atoms with Crippen LogP contribution in [0.2, 0.25) is 0 Å². The Labute approximate surface area is 210 Å². The first-order valence-corrected chi connectivity index (χ1v) is 11.9. The van der Waals surface area contributed by atoms with Crippen LogP contribution < -0.4 is 4.74 Å². The van der Waals surface area contributed by atoms with E-state index in [0.717, 1.165) is 16.0 Å². The number of imide groups is 1. The number of nitrogens with zero attached hydrogens (tertiary/aromatic N) is 1. The Morgan fingerprint density at radius 3 is 2.28 bits per heavy atom. The average molecular weight is 490 g/mol. The molecule has 1 aliphatic heterocycles. The zero-order chi connectivity index (χ0) is 25.9. The van der Waals surface area contributed by atoms with Gasteiger partial charge in [-0.25, -0.2) is 9.69 Å². The molecular weight excluding hydrogens is 458 g/mol. The van der Waals surface area contributed by atoms with Crippen LogP contribution in [0.1, 0.15) is 43.6 Å². The van der Waals surface area contributed by atoms with E-state index in [0.29, 0.717) is 17.7 Å². The minimum Gasteiger partial charge on any atom is -0.508 e. The summed E-state index contributed by atoms with van der Waals surface area (Å²) in [5, 5.41) is 20.8. The molecular formula is C29H31NO6. The van der Waals surface area contributed by atoms with Crippen molar-refractivity contribution in [2.45, 2.75) is 50.9 Å². The van der Waals surface area contributed by atoms with Crippen LogP contribution in [0.5, 0.6) is 11.5 Å². The lowest BCUT2D eigenvalue weighted by molar-refractivity contribution is -0.142. The van der Waals surface area contributed by atoms with E-state index in [1.165, 1.54) is 24.3 Å². The zero-order valence-corrected chi connectivity index (χ0v) is 20.6. The first-order chi connectivity index (χ1) is 17.1. The Hall–Kier alpha value is -3.84. The number of amides is 2. The van der Waals surface area contributed by atoms with Gasteiger partial charge in [0.1, 0.15) is 24.2 Å². The summed E-state index contributed by atoms with van der Waals surface area (Å²) in [7, 11) is 0. The van der Waals surface area contributed by atoms with Gasteiger partial charge in [-0.05, 0) is 52.8 Å². The van der Waals surface area contributed by atoms with Gasteiger partial charge in [-0.1, -0.05) is 75.4 Å². The van der Waals surface area contributed by atoms with Crippen LogP contribution in [-0.2, 0) is 21.4 Å². The van der Waals surface area contributed by atoms with Crippen molar-refractivity contribution in [3.63, 3.8) is 0 Å². The molecule has 1 fully saturated rings. The van der Waals surface area contributed by atoms with Gasteiger partial charge in [0.2, 0.25) is 6.10 Å². The van der Waals surface area contributed by atoms with Gasteiger partial charge in [0, 0.05) is 0 Å². The fourth-order valence-corrected chi connectivity index (χ4v) is 4.18. The molecule has 188 valence electrons. The minimum absolute atomic E-state index is 0.0264. The second-order valence-electron chi connectivity index (χ2n) is 9.98. The van der Waals surface area contributed by atoms with Gasteiger partial charge in [0.05, 0.1) is 6.04 Å². The lowest BCUT2D eigenvalue weighted by atomic mass is 9.87. The lowest BCUT2D eigenvalue weighted by Crippen LogP contribution is -2.49. The number of ether oxygens (including phenoxy) is 2. The number of hydrogen-bond donors (Lipinski definition) is 2. The third-order valence-electron chi connectivity index (χ3n) is 6.26. The predicted molar refractivity (Wildman–Crippen MR) is 135 cm³/mol. The summed E-state index contributed by atoms with van der Waals surface area (Å²) in [6.45, 7) is 6.34. The molecule has 0 spiro atoms. The van der Waals surface area contributed by atoms with Crippen LogP contribution in [0, 0.1) is 0 Å². The zero-order valence-electron chi connectivity index (χ0n) is 20.6. The molecule has 0 aromatic heterocycles. The molecule has 3 atom stereocenters. The van der Waals surface area contributed by atoms with Gasteiger partial charge < -0.3 is 19.7 Å². The Balaban J connectivity index is 1.64. The molecule has 2 amide bonds. The molecule has 0 unspecified atom stereocenters. The van der Waals surface area contributed by atoms with Crippen LogP contribution >= 0.6 is 0 Å². The maximum absolute atomic E-state index is 13.8. The van der Waals surface area contributed by atoms with Crippen molar-refractivity contribution in [3.8, 4) is 11.5 Å². The second-order valence-corrected chi connectivity index (χ2v) is 9.98. The van der Waals surface area contributed by atoms with E-state index in [2.05, 4.69) is 20.8 Å². The molecule has 7 nitrogen and oxygen atoms in total. The standard InChI is InChI=1S/C29H31NO6/c1-29(2,3)21-11-15-24(16-12-21)36-26(25(32)20-9-13-23(31)14-10-20)27(33)30-22(18-35-28(30)34)17-19-7-5-4-6-8-19/h4-16,22,25-26,31-32H,17-18H2,1-3H3/t22-,25+,26-/m0/s1. The summed E-state index contributed by atoms with van der Waals surface area (Å²) >= 11 is 0. The van der Waals surface area contributed by atoms with Crippen molar-refractivity contribution >= 4 is 12.0 Å². The minimum atomic E-state index is -1.42. The summed E-state index contributed by atoms with van der Waals surface area (Å²) in [5.41, 5.74) is 2.34. The number of aliphatic hydroxyl groups excluding tert-OH is 1. The van der Waals surface area contributed by atoms with Gasteiger partial charge in [-0.15, -0.1) is 0 Å². The molecule has 3 aromatic carbocycles. The molecule has 0 aliphatic carbocycles. The number of rotatable bonds is 7. The van der Waals surface area contributed by atoms with E-state index in [1.54, 1.807) is 12.1 Å². The lowest BCUT2D eigenvalue weighted by Gasteiger charge is -2.29. The van der Waals surface area contributed by atoms with Crippen LogP contribution in [-0.4, -0.2) is 45.9 Å². The number of aromatic hydroxyl groups is 1. The predicted octanol–water partition coefficient (Wildman–Crippen LogP) is 4.76. The number of phenols is 1. The van der Waals surface area contributed by atoms with E-state index in [9.17, 15) is 19.8 Å². The normalized spacial score (nSPS) is 17.4. The molecule has 7 heteroatoms. The molecule has 1 aliphatic rings. The van der Waals surface area contributed by atoms with Gasteiger partial charge in [-0.3, -0.25) is 4.79 Å².